The lowest BCUT2D eigenvalue weighted by Gasteiger charge is -2.35. The third kappa shape index (κ3) is 2.15. The van der Waals surface area contributed by atoms with E-state index in [1.165, 1.54) is 0 Å². The number of pyridine rings is 1. The van der Waals surface area contributed by atoms with E-state index in [0.717, 1.165) is 18.1 Å². The molecular formula is C14H18BClN2. The van der Waals surface area contributed by atoms with Crippen molar-refractivity contribution in [3.63, 3.8) is 0 Å². The van der Waals surface area contributed by atoms with E-state index in [2.05, 4.69) is 38.7 Å². The highest BCUT2D eigenvalue weighted by Gasteiger charge is 2.48. The molecule has 18 heavy (non-hydrogen) atoms. The van der Waals surface area contributed by atoms with Gasteiger partial charge in [-0.15, -0.1) is 0 Å². The van der Waals surface area contributed by atoms with Crippen molar-refractivity contribution in [2.75, 3.05) is 0 Å². The van der Waals surface area contributed by atoms with Crippen LogP contribution in [0.15, 0.2) is 12.3 Å². The second kappa shape index (κ2) is 4.28. The Morgan fingerprint density at radius 2 is 1.83 bits per heavy atom. The molecule has 0 atom stereocenters. The summed E-state index contributed by atoms with van der Waals surface area (Å²) in [6.45, 7) is 9.76. The Labute approximate surface area is 114 Å². The number of nitriles is 1. The van der Waals surface area contributed by atoms with Crippen molar-refractivity contribution < 1.29 is 0 Å². The van der Waals surface area contributed by atoms with Gasteiger partial charge in [0.25, 0.3) is 0 Å². The molecule has 1 aromatic rings. The van der Waals surface area contributed by atoms with Crippen LogP contribution >= 0.6 is 11.6 Å². The van der Waals surface area contributed by atoms with Gasteiger partial charge >= 0.3 is 0 Å². The monoisotopic (exact) mass is 260 g/mol. The first-order valence-electron chi connectivity index (χ1n) is 6.32. The maximum absolute atomic E-state index is 9.02. The molecule has 2 rings (SSSR count). The van der Waals surface area contributed by atoms with Gasteiger partial charge in [-0.05, 0) is 16.9 Å². The summed E-state index contributed by atoms with van der Waals surface area (Å²) in [5.41, 5.74) is 2.25. The van der Waals surface area contributed by atoms with Crippen LogP contribution in [0, 0.1) is 22.2 Å². The lowest BCUT2D eigenvalue weighted by atomic mass is 9.42. The maximum atomic E-state index is 9.02. The second-order valence-electron chi connectivity index (χ2n) is 6.59. The van der Waals surface area contributed by atoms with Gasteiger partial charge in [-0.2, -0.15) is 5.26 Å². The first-order chi connectivity index (χ1) is 8.27. The molecule has 0 bridgehead atoms. The van der Waals surface area contributed by atoms with E-state index in [0.29, 0.717) is 28.3 Å². The van der Waals surface area contributed by atoms with Crippen LogP contribution in [-0.4, -0.2) is 11.7 Å². The van der Waals surface area contributed by atoms with E-state index >= 15 is 0 Å². The summed E-state index contributed by atoms with van der Waals surface area (Å²) in [6.07, 6.45) is 4.09. The molecule has 0 saturated carbocycles. The fraction of sp³-hybridized carbons (Fsp3) is 0.571. The normalized spacial score (nSPS) is 20.8. The van der Waals surface area contributed by atoms with Gasteiger partial charge in [0.2, 0.25) is 0 Å². The molecule has 0 aliphatic carbocycles. The summed E-state index contributed by atoms with van der Waals surface area (Å²) in [4.78, 5) is 4.13. The molecule has 0 radical (unpaired) electrons. The Hall–Kier alpha value is -1.01. The number of halogens is 1. The van der Waals surface area contributed by atoms with Gasteiger partial charge in [-0.25, -0.2) is 4.98 Å². The highest BCUT2D eigenvalue weighted by atomic mass is 35.5. The zero-order valence-corrected chi connectivity index (χ0v) is 12.2. The van der Waals surface area contributed by atoms with Crippen LogP contribution in [0.2, 0.25) is 17.8 Å². The predicted molar refractivity (Wildman–Crippen MR) is 76.5 cm³/mol. The summed E-state index contributed by atoms with van der Waals surface area (Å²) in [5.74, 6) is 0. The maximum Gasteiger partial charge on any atom is 0.179 e. The van der Waals surface area contributed by atoms with Gasteiger partial charge in [-0.3, -0.25) is 0 Å². The molecule has 2 heterocycles. The van der Waals surface area contributed by atoms with Gasteiger partial charge < -0.3 is 0 Å². The number of aromatic nitrogens is 1. The van der Waals surface area contributed by atoms with Crippen LogP contribution in [0.3, 0.4) is 0 Å². The van der Waals surface area contributed by atoms with E-state index in [4.69, 9.17) is 16.9 Å². The largest absolute Gasteiger partial charge is 0.244 e. The fourth-order valence-corrected chi connectivity index (χ4v) is 3.00. The molecule has 0 spiro atoms. The Balaban J connectivity index is 2.33. The summed E-state index contributed by atoms with van der Waals surface area (Å²) >= 11 is 5.88. The van der Waals surface area contributed by atoms with E-state index in [1.54, 1.807) is 0 Å². The second-order valence-corrected chi connectivity index (χ2v) is 6.95. The molecule has 1 aromatic heterocycles. The van der Waals surface area contributed by atoms with E-state index < -0.39 is 0 Å². The first-order valence-corrected chi connectivity index (χ1v) is 6.70. The molecule has 1 fully saturated rings. The van der Waals surface area contributed by atoms with Crippen LogP contribution in [0.25, 0.3) is 0 Å². The molecule has 94 valence electrons. The van der Waals surface area contributed by atoms with Gasteiger partial charge in [-0.1, -0.05) is 57.4 Å². The summed E-state index contributed by atoms with van der Waals surface area (Å²) in [6, 6.07) is 4.01. The van der Waals surface area contributed by atoms with Crippen molar-refractivity contribution >= 4 is 23.8 Å². The average molecular weight is 261 g/mol. The molecule has 1 aliphatic heterocycles. The van der Waals surface area contributed by atoms with Crippen molar-refractivity contribution in [2.24, 2.45) is 10.8 Å². The smallest absolute Gasteiger partial charge is 0.179 e. The van der Waals surface area contributed by atoms with Crippen LogP contribution in [0.1, 0.15) is 33.3 Å². The summed E-state index contributed by atoms with van der Waals surface area (Å²) in [5, 5.41) is 9.32. The number of nitrogens with zero attached hydrogens (tertiary/aromatic N) is 2. The molecule has 0 amide bonds. The molecule has 4 heteroatoms. The minimum absolute atomic E-state index is 0.303. The Bertz CT molecular complexity index is 501. The minimum atomic E-state index is 0.303. The van der Waals surface area contributed by atoms with Gasteiger partial charge in [0.1, 0.15) is 11.2 Å². The minimum Gasteiger partial charge on any atom is -0.244 e. The highest BCUT2D eigenvalue weighted by Crippen LogP contribution is 2.52. The number of rotatable bonds is 1. The van der Waals surface area contributed by atoms with Crippen LogP contribution < -0.4 is 5.46 Å². The molecule has 2 nitrogen and oxygen atoms in total. The molecule has 0 aromatic carbocycles. The van der Waals surface area contributed by atoms with Crippen molar-refractivity contribution in [3.05, 3.63) is 23.0 Å². The summed E-state index contributed by atoms with van der Waals surface area (Å²) in [7, 11) is 0. The Morgan fingerprint density at radius 3 is 2.33 bits per heavy atom. The van der Waals surface area contributed by atoms with Crippen LogP contribution in [0.5, 0.6) is 0 Å². The standard InChI is InChI=1S/C14H18BClN2/c1-13(2)8-15(9-14(13,3)4)11-5-10(6-17)12(16)18-7-11/h5,7H,8-9H2,1-4H3. The topological polar surface area (TPSA) is 36.7 Å². The van der Waals surface area contributed by atoms with Gasteiger partial charge in [0.15, 0.2) is 6.71 Å². The third-order valence-electron chi connectivity index (χ3n) is 4.80. The zero-order chi connectivity index (χ0) is 13.6. The highest BCUT2D eigenvalue weighted by molar-refractivity contribution is 6.74. The molecule has 0 unspecified atom stereocenters. The Kier molecular flexibility index (Phi) is 3.19. The lowest BCUT2D eigenvalue weighted by Crippen LogP contribution is -2.28. The quantitative estimate of drug-likeness (QED) is 0.573. The fourth-order valence-electron chi connectivity index (χ4n) is 2.86. The molecule has 1 saturated heterocycles. The molecular weight excluding hydrogens is 242 g/mol. The van der Waals surface area contributed by atoms with E-state index in [-0.39, 0.29) is 0 Å². The first kappa shape index (κ1) is 13.4. The van der Waals surface area contributed by atoms with Crippen molar-refractivity contribution in [3.8, 4) is 6.07 Å². The number of hydrogen-bond donors (Lipinski definition) is 0. The van der Waals surface area contributed by atoms with Crippen molar-refractivity contribution in [2.45, 2.75) is 40.3 Å². The zero-order valence-electron chi connectivity index (χ0n) is 11.4. The average Bonchev–Trinajstić information content (AvgIpc) is 2.49. The van der Waals surface area contributed by atoms with Crippen molar-refractivity contribution in [1.29, 1.82) is 5.26 Å². The van der Waals surface area contributed by atoms with E-state index in [9.17, 15) is 0 Å². The van der Waals surface area contributed by atoms with Gasteiger partial charge in [0.05, 0.1) is 5.56 Å². The number of hydrogen-bond acceptors (Lipinski definition) is 2. The summed E-state index contributed by atoms with van der Waals surface area (Å²) < 4.78 is 0. The van der Waals surface area contributed by atoms with Crippen LogP contribution in [-0.2, 0) is 0 Å². The molecule has 0 N–H and O–H groups in total. The van der Waals surface area contributed by atoms with Crippen LogP contribution in [0.4, 0.5) is 0 Å². The van der Waals surface area contributed by atoms with Crippen molar-refractivity contribution in [1.82, 2.24) is 4.98 Å². The Morgan fingerprint density at radius 1 is 1.28 bits per heavy atom. The third-order valence-corrected chi connectivity index (χ3v) is 5.10. The van der Waals surface area contributed by atoms with Gasteiger partial charge in [0, 0.05) is 6.20 Å². The molecule has 1 aliphatic rings. The SMILES string of the molecule is CC1(C)CB(c2cnc(Cl)c(C#N)c2)CC1(C)C. The predicted octanol–water partition coefficient (Wildman–Crippen LogP) is 3.37. The van der Waals surface area contributed by atoms with E-state index in [1.807, 2.05) is 12.3 Å². The lowest BCUT2D eigenvalue weighted by molar-refractivity contribution is 0.177.